The van der Waals surface area contributed by atoms with Gasteiger partial charge in [-0.05, 0) is 48.9 Å². The van der Waals surface area contributed by atoms with Gasteiger partial charge in [0.1, 0.15) is 5.75 Å². The molecule has 3 rings (SSSR count). The van der Waals surface area contributed by atoms with Crippen LogP contribution in [0.2, 0.25) is 0 Å². The number of aryl methyl sites for hydroxylation is 1. The van der Waals surface area contributed by atoms with Gasteiger partial charge < -0.3 is 14.6 Å². The van der Waals surface area contributed by atoms with Crippen molar-refractivity contribution in [1.82, 2.24) is 4.57 Å². The second-order valence-corrected chi connectivity index (χ2v) is 7.71. The van der Waals surface area contributed by atoms with Crippen molar-refractivity contribution in [2.75, 3.05) is 12.4 Å². The predicted molar refractivity (Wildman–Crippen MR) is 105 cm³/mol. The second-order valence-electron chi connectivity index (χ2n) is 6.14. The van der Waals surface area contributed by atoms with Gasteiger partial charge in [0, 0.05) is 29.3 Å². The lowest BCUT2D eigenvalue weighted by Gasteiger charge is -2.11. The molecule has 1 amide bonds. The molecule has 0 fully saturated rings. The third kappa shape index (κ3) is 3.96. The predicted octanol–water partition coefficient (Wildman–Crippen LogP) is 2.96. The number of rotatable bonds is 6. The molecule has 2 aromatic carbocycles. The van der Waals surface area contributed by atoms with Gasteiger partial charge in [-0.2, -0.15) is 0 Å². The molecule has 1 aromatic heterocycles. The maximum absolute atomic E-state index is 12.7. The first kappa shape index (κ1) is 18.9. The molecular formula is C19H21N3O4S. The van der Waals surface area contributed by atoms with Crippen molar-refractivity contribution in [3.63, 3.8) is 0 Å². The van der Waals surface area contributed by atoms with Crippen LogP contribution in [0.15, 0.2) is 53.6 Å². The number of fused-ring (bicyclic) bond motifs is 1. The standard InChI is InChI=1S/C19H21N3O4S/c1-3-9-22-10-8-13-11-14(4-6-17(13)22)21-19(23)16-12-15(27(20,24)25)5-7-18(16)26-2/h4-8,10-12H,3,9H2,1-2H3,(H,21,23)(H2,20,24,25). The molecule has 0 saturated carbocycles. The number of anilines is 1. The molecule has 0 aliphatic rings. The highest BCUT2D eigenvalue weighted by Crippen LogP contribution is 2.25. The summed E-state index contributed by atoms with van der Waals surface area (Å²) in [7, 11) is -2.52. The Morgan fingerprint density at radius 1 is 1.19 bits per heavy atom. The number of carbonyl (C=O) groups is 1. The number of hydrogen-bond donors (Lipinski definition) is 2. The number of nitrogens with two attached hydrogens (primary N) is 1. The Bertz CT molecular complexity index is 1100. The first-order valence-corrected chi connectivity index (χ1v) is 9.99. The first-order valence-electron chi connectivity index (χ1n) is 8.44. The number of primary sulfonamides is 1. The Labute approximate surface area is 157 Å². The number of nitrogens with zero attached hydrogens (tertiary/aromatic N) is 1. The average molecular weight is 387 g/mol. The molecule has 1 heterocycles. The summed E-state index contributed by atoms with van der Waals surface area (Å²) in [4.78, 5) is 12.5. The Morgan fingerprint density at radius 3 is 2.63 bits per heavy atom. The number of hydrogen-bond acceptors (Lipinski definition) is 4. The van der Waals surface area contributed by atoms with Crippen molar-refractivity contribution < 1.29 is 17.9 Å². The van der Waals surface area contributed by atoms with Crippen LogP contribution in [0.5, 0.6) is 5.75 Å². The number of amides is 1. The number of ether oxygens (including phenoxy) is 1. The topological polar surface area (TPSA) is 103 Å². The second kappa shape index (κ2) is 7.42. The smallest absolute Gasteiger partial charge is 0.259 e. The minimum Gasteiger partial charge on any atom is -0.496 e. The van der Waals surface area contributed by atoms with Crippen LogP contribution in [0.1, 0.15) is 23.7 Å². The van der Waals surface area contributed by atoms with Crippen molar-refractivity contribution in [3.05, 3.63) is 54.2 Å². The summed E-state index contributed by atoms with van der Waals surface area (Å²) in [6.45, 7) is 3.04. The van der Waals surface area contributed by atoms with E-state index in [1.807, 2.05) is 30.5 Å². The quantitative estimate of drug-likeness (QED) is 0.678. The fraction of sp³-hybridized carbons (Fsp3) is 0.211. The van der Waals surface area contributed by atoms with E-state index in [1.165, 1.54) is 25.3 Å². The highest BCUT2D eigenvalue weighted by atomic mass is 32.2. The molecule has 0 saturated heterocycles. The first-order chi connectivity index (χ1) is 12.8. The molecule has 3 aromatic rings. The van der Waals surface area contributed by atoms with Gasteiger partial charge in [0.05, 0.1) is 17.6 Å². The lowest BCUT2D eigenvalue weighted by molar-refractivity contribution is 0.102. The zero-order valence-corrected chi connectivity index (χ0v) is 15.9. The molecule has 142 valence electrons. The Balaban J connectivity index is 1.92. The van der Waals surface area contributed by atoms with Gasteiger partial charge >= 0.3 is 0 Å². The lowest BCUT2D eigenvalue weighted by Crippen LogP contribution is -2.16. The van der Waals surface area contributed by atoms with E-state index in [2.05, 4.69) is 16.8 Å². The fourth-order valence-corrected chi connectivity index (χ4v) is 3.49. The van der Waals surface area contributed by atoms with Crippen LogP contribution in [0.3, 0.4) is 0 Å². The van der Waals surface area contributed by atoms with Crippen molar-refractivity contribution in [2.24, 2.45) is 5.14 Å². The SMILES string of the molecule is CCCn1ccc2cc(NC(=O)c3cc(S(N)(=O)=O)ccc3OC)ccc21. The van der Waals surface area contributed by atoms with Gasteiger partial charge in [-0.15, -0.1) is 0 Å². The highest BCUT2D eigenvalue weighted by molar-refractivity contribution is 7.89. The molecule has 0 atom stereocenters. The molecule has 0 aliphatic heterocycles. The monoisotopic (exact) mass is 387 g/mol. The van der Waals surface area contributed by atoms with Crippen LogP contribution in [0.25, 0.3) is 10.9 Å². The molecule has 8 heteroatoms. The van der Waals surface area contributed by atoms with Crippen LogP contribution in [-0.2, 0) is 16.6 Å². The summed E-state index contributed by atoms with van der Waals surface area (Å²) in [6.07, 6.45) is 3.04. The van der Waals surface area contributed by atoms with E-state index < -0.39 is 15.9 Å². The van der Waals surface area contributed by atoms with Gasteiger partial charge in [-0.3, -0.25) is 4.79 Å². The lowest BCUT2D eigenvalue weighted by atomic mass is 10.1. The molecule has 0 unspecified atom stereocenters. The Hall–Kier alpha value is -2.84. The van der Waals surface area contributed by atoms with E-state index in [4.69, 9.17) is 9.88 Å². The molecular weight excluding hydrogens is 366 g/mol. The molecule has 0 bridgehead atoms. The largest absolute Gasteiger partial charge is 0.496 e. The van der Waals surface area contributed by atoms with Crippen LogP contribution in [-0.4, -0.2) is 26.0 Å². The minimum atomic E-state index is -3.93. The molecule has 0 aliphatic carbocycles. The van der Waals surface area contributed by atoms with Crippen molar-refractivity contribution >= 4 is 32.5 Å². The minimum absolute atomic E-state index is 0.0904. The number of methoxy groups -OCH3 is 1. The normalized spacial score (nSPS) is 11.5. The van der Waals surface area contributed by atoms with Crippen LogP contribution < -0.4 is 15.2 Å². The summed E-state index contributed by atoms with van der Waals surface area (Å²) in [6, 6.07) is 11.5. The summed E-state index contributed by atoms with van der Waals surface area (Å²) in [5.74, 6) is -0.222. The average Bonchev–Trinajstić information content (AvgIpc) is 3.03. The zero-order valence-electron chi connectivity index (χ0n) is 15.1. The Kier molecular flexibility index (Phi) is 5.20. The molecule has 3 N–H and O–H groups in total. The number of benzene rings is 2. The van der Waals surface area contributed by atoms with Crippen molar-refractivity contribution in [1.29, 1.82) is 0 Å². The maximum Gasteiger partial charge on any atom is 0.259 e. The summed E-state index contributed by atoms with van der Waals surface area (Å²) >= 11 is 0. The zero-order chi connectivity index (χ0) is 19.6. The van der Waals surface area contributed by atoms with E-state index in [0.29, 0.717) is 5.69 Å². The Morgan fingerprint density at radius 2 is 1.96 bits per heavy atom. The summed E-state index contributed by atoms with van der Waals surface area (Å²) in [5.41, 5.74) is 1.78. The van der Waals surface area contributed by atoms with E-state index in [-0.39, 0.29) is 16.2 Å². The maximum atomic E-state index is 12.7. The number of aromatic nitrogens is 1. The van der Waals surface area contributed by atoms with Gasteiger partial charge in [-0.1, -0.05) is 6.92 Å². The van der Waals surface area contributed by atoms with Crippen LogP contribution in [0, 0.1) is 0 Å². The van der Waals surface area contributed by atoms with Crippen molar-refractivity contribution in [3.8, 4) is 5.75 Å². The van der Waals surface area contributed by atoms with E-state index in [1.54, 1.807) is 0 Å². The van der Waals surface area contributed by atoms with Crippen LogP contribution in [0.4, 0.5) is 5.69 Å². The van der Waals surface area contributed by atoms with Gasteiger partial charge in [0.2, 0.25) is 10.0 Å². The third-order valence-electron chi connectivity index (χ3n) is 4.24. The van der Waals surface area contributed by atoms with E-state index in [9.17, 15) is 13.2 Å². The molecule has 0 spiro atoms. The van der Waals surface area contributed by atoms with E-state index in [0.717, 1.165) is 23.9 Å². The van der Waals surface area contributed by atoms with Crippen LogP contribution >= 0.6 is 0 Å². The van der Waals surface area contributed by atoms with Gasteiger partial charge in [0.15, 0.2) is 0 Å². The molecule has 0 radical (unpaired) electrons. The van der Waals surface area contributed by atoms with E-state index >= 15 is 0 Å². The number of carbonyl (C=O) groups excluding carboxylic acids is 1. The van der Waals surface area contributed by atoms with Gasteiger partial charge in [-0.25, -0.2) is 13.6 Å². The van der Waals surface area contributed by atoms with Crippen molar-refractivity contribution in [2.45, 2.75) is 24.8 Å². The fourth-order valence-electron chi connectivity index (χ4n) is 2.95. The third-order valence-corrected chi connectivity index (χ3v) is 5.15. The molecule has 27 heavy (non-hydrogen) atoms. The number of sulfonamides is 1. The molecule has 7 nitrogen and oxygen atoms in total. The summed E-state index contributed by atoms with van der Waals surface area (Å²) in [5, 5.41) is 8.94. The number of nitrogens with one attached hydrogen (secondary N) is 1. The highest BCUT2D eigenvalue weighted by Gasteiger charge is 2.17. The summed E-state index contributed by atoms with van der Waals surface area (Å²) < 4.78 is 30.5. The van der Waals surface area contributed by atoms with Gasteiger partial charge in [0.25, 0.3) is 5.91 Å².